The molecule has 0 saturated carbocycles. The maximum Gasteiger partial charge on any atom is 0.0261 e. The zero-order valence-corrected chi connectivity index (χ0v) is 14.2. The van der Waals surface area contributed by atoms with Crippen LogP contribution in [0.1, 0.15) is 46.1 Å². The molecule has 1 heterocycles. The van der Waals surface area contributed by atoms with E-state index in [-0.39, 0.29) is 5.54 Å². The zero-order valence-electron chi connectivity index (χ0n) is 14.2. The number of benzene rings is 1. The summed E-state index contributed by atoms with van der Waals surface area (Å²) in [6.45, 7) is 12.8. The van der Waals surface area contributed by atoms with E-state index < -0.39 is 0 Å². The molecule has 1 N–H and O–H groups in total. The highest BCUT2D eigenvalue weighted by Crippen LogP contribution is 2.19. The Balaban J connectivity index is 1.95. The minimum absolute atomic E-state index is 0.241. The first-order valence-electron chi connectivity index (χ1n) is 8.49. The first-order chi connectivity index (χ1) is 9.96. The number of nitrogens with one attached hydrogen (secondary N) is 1. The number of nitrogens with zero attached hydrogens (tertiary/aromatic N) is 1. The SMILES string of the molecule is CC(C)CCCN1CC(C)(C)NCC1Cc1ccccc1. The van der Waals surface area contributed by atoms with Crippen LogP contribution in [0.2, 0.25) is 0 Å². The van der Waals surface area contributed by atoms with Crippen LogP contribution in [0.15, 0.2) is 30.3 Å². The van der Waals surface area contributed by atoms with Crippen molar-refractivity contribution in [3.8, 4) is 0 Å². The summed E-state index contributed by atoms with van der Waals surface area (Å²) < 4.78 is 0. The molecule has 1 aliphatic rings. The Morgan fingerprint density at radius 2 is 1.95 bits per heavy atom. The smallest absolute Gasteiger partial charge is 0.0261 e. The molecule has 2 rings (SSSR count). The van der Waals surface area contributed by atoms with E-state index in [1.165, 1.54) is 24.9 Å². The second-order valence-electron chi connectivity index (χ2n) is 7.61. The lowest BCUT2D eigenvalue weighted by molar-refractivity contribution is 0.0922. The monoisotopic (exact) mass is 288 g/mol. The first-order valence-corrected chi connectivity index (χ1v) is 8.49. The van der Waals surface area contributed by atoms with Gasteiger partial charge in [0.05, 0.1) is 0 Å². The predicted octanol–water partition coefficient (Wildman–Crippen LogP) is 3.72. The van der Waals surface area contributed by atoms with Crippen LogP contribution in [0.25, 0.3) is 0 Å². The summed E-state index contributed by atoms with van der Waals surface area (Å²) in [5.74, 6) is 0.813. The molecule has 1 aliphatic heterocycles. The van der Waals surface area contributed by atoms with Crippen LogP contribution in [0, 0.1) is 5.92 Å². The second-order valence-corrected chi connectivity index (χ2v) is 7.61. The van der Waals surface area contributed by atoms with Gasteiger partial charge in [0.1, 0.15) is 0 Å². The Labute approximate surface area is 130 Å². The summed E-state index contributed by atoms with van der Waals surface area (Å²) >= 11 is 0. The second kappa shape index (κ2) is 7.42. The quantitative estimate of drug-likeness (QED) is 0.858. The Morgan fingerprint density at radius 1 is 1.24 bits per heavy atom. The van der Waals surface area contributed by atoms with Crippen molar-refractivity contribution in [1.29, 1.82) is 0 Å². The van der Waals surface area contributed by atoms with Gasteiger partial charge in [-0.3, -0.25) is 4.90 Å². The van der Waals surface area contributed by atoms with Gasteiger partial charge in [0.2, 0.25) is 0 Å². The normalized spacial score (nSPS) is 22.6. The van der Waals surface area contributed by atoms with Crippen molar-refractivity contribution in [3.05, 3.63) is 35.9 Å². The Bertz CT molecular complexity index is 411. The van der Waals surface area contributed by atoms with Gasteiger partial charge in [-0.2, -0.15) is 0 Å². The van der Waals surface area contributed by atoms with Gasteiger partial charge in [0.25, 0.3) is 0 Å². The molecule has 1 atom stereocenters. The number of piperazine rings is 1. The molecular weight excluding hydrogens is 256 g/mol. The molecule has 2 heteroatoms. The third-order valence-corrected chi connectivity index (χ3v) is 4.47. The summed E-state index contributed by atoms with van der Waals surface area (Å²) in [6.07, 6.45) is 3.81. The molecule has 118 valence electrons. The van der Waals surface area contributed by atoms with Gasteiger partial charge in [-0.25, -0.2) is 0 Å². The molecule has 0 bridgehead atoms. The van der Waals surface area contributed by atoms with Crippen LogP contribution in [0.5, 0.6) is 0 Å². The maximum absolute atomic E-state index is 3.72. The molecule has 21 heavy (non-hydrogen) atoms. The third kappa shape index (κ3) is 5.44. The van der Waals surface area contributed by atoms with E-state index >= 15 is 0 Å². The van der Waals surface area contributed by atoms with Crippen LogP contribution in [-0.4, -0.2) is 36.1 Å². The van der Waals surface area contributed by atoms with Crippen molar-refractivity contribution in [1.82, 2.24) is 10.2 Å². The number of rotatable bonds is 6. The van der Waals surface area contributed by atoms with Gasteiger partial charge in [-0.15, -0.1) is 0 Å². The molecule has 0 radical (unpaired) electrons. The van der Waals surface area contributed by atoms with Gasteiger partial charge >= 0.3 is 0 Å². The lowest BCUT2D eigenvalue weighted by atomic mass is 9.94. The lowest BCUT2D eigenvalue weighted by Crippen LogP contribution is -2.62. The van der Waals surface area contributed by atoms with Gasteiger partial charge in [0, 0.05) is 24.7 Å². The molecule has 1 aromatic rings. The van der Waals surface area contributed by atoms with Crippen LogP contribution in [-0.2, 0) is 6.42 Å². The fraction of sp³-hybridized carbons (Fsp3) is 0.684. The highest BCUT2D eigenvalue weighted by molar-refractivity contribution is 5.16. The van der Waals surface area contributed by atoms with Crippen LogP contribution in [0.4, 0.5) is 0 Å². The molecular formula is C19H32N2. The van der Waals surface area contributed by atoms with E-state index in [9.17, 15) is 0 Å². The summed E-state index contributed by atoms with van der Waals surface area (Å²) in [5.41, 5.74) is 1.70. The fourth-order valence-corrected chi connectivity index (χ4v) is 3.27. The van der Waals surface area contributed by atoms with Crippen LogP contribution < -0.4 is 5.32 Å². The molecule has 0 amide bonds. The largest absolute Gasteiger partial charge is 0.309 e. The first kappa shape index (κ1) is 16.5. The van der Waals surface area contributed by atoms with Crippen LogP contribution in [0.3, 0.4) is 0 Å². The zero-order chi connectivity index (χ0) is 15.3. The van der Waals surface area contributed by atoms with Gasteiger partial charge in [0.15, 0.2) is 0 Å². The average molecular weight is 288 g/mol. The molecule has 1 unspecified atom stereocenters. The van der Waals surface area contributed by atoms with E-state index in [0.29, 0.717) is 6.04 Å². The molecule has 1 fully saturated rings. The highest BCUT2D eigenvalue weighted by Gasteiger charge is 2.31. The summed E-state index contributed by atoms with van der Waals surface area (Å²) in [4.78, 5) is 2.71. The van der Waals surface area contributed by atoms with Crippen molar-refractivity contribution in [3.63, 3.8) is 0 Å². The number of hydrogen-bond acceptors (Lipinski definition) is 2. The van der Waals surface area contributed by atoms with Crippen LogP contribution >= 0.6 is 0 Å². The summed E-state index contributed by atoms with van der Waals surface area (Å²) in [6, 6.07) is 11.6. The van der Waals surface area contributed by atoms with E-state index in [2.05, 4.69) is 68.2 Å². The highest BCUT2D eigenvalue weighted by atomic mass is 15.2. The molecule has 0 aromatic heterocycles. The molecule has 0 aliphatic carbocycles. The van der Waals surface area contributed by atoms with Gasteiger partial charge < -0.3 is 5.32 Å². The lowest BCUT2D eigenvalue weighted by Gasteiger charge is -2.45. The minimum Gasteiger partial charge on any atom is -0.309 e. The minimum atomic E-state index is 0.241. The van der Waals surface area contributed by atoms with Gasteiger partial charge in [-0.05, 0) is 51.1 Å². The van der Waals surface area contributed by atoms with Crippen molar-refractivity contribution in [2.24, 2.45) is 5.92 Å². The van der Waals surface area contributed by atoms with Crippen molar-refractivity contribution < 1.29 is 0 Å². The van der Waals surface area contributed by atoms with Crippen molar-refractivity contribution in [2.45, 2.75) is 58.5 Å². The third-order valence-electron chi connectivity index (χ3n) is 4.47. The van der Waals surface area contributed by atoms with E-state index in [0.717, 1.165) is 25.4 Å². The van der Waals surface area contributed by atoms with Crippen molar-refractivity contribution >= 4 is 0 Å². The molecule has 1 aromatic carbocycles. The maximum atomic E-state index is 3.72. The van der Waals surface area contributed by atoms with E-state index in [4.69, 9.17) is 0 Å². The standard InChI is InChI=1S/C19H32N2/c1-16(2)9-8-12-21-15-19(3,4)20-14-18(21)13-17-10-6-5-7-11-17/h5-7,10-11,16,18,20H,8-9,12-15H2,1-4H3. The Kier molecular flexibility index (Phi) is 5.83. The Hall–Kier alpha value is -0.860. The average Bonchev–Trinajstić information content (AvgIpc) is 2.42. The van der Waals surface area contributed by atoms with Gasteiger partial charge in [-0.1, -0.05) is 44.2 Å². The Morgan fingerprint density at radius 3 is 2.62 bits per heavy atom. The molecule has 0 spiro atoms. The summed E-state index contributed by atoms with van der Waals surface area (Å²) in [5, 5.41) is 3.72. The fourth-order valence-electron chi connectivity index (χ4n) is 3.27. The predicted molar refractivity (Wildman–Crippen MR) is 91.7 cm³/mol. The molecule has 1 saturated heterocycles. The molecule has 2 nitrogen and oxygen atoms in total. The summed E-state index contributed by atoms with van der Waals surface area (Å²) in [7, 11) is 0. The van der Waals surface area contributed by atoms with E-state index in [1.807, 2.05) is 0 Å². The number of hydrogen-bond donors (Lipinski definition) is 1. The van der Waals surface area contributed by atoms with Crippen molar-refractivity contribution in [2.75, 3.05) is 19.6 Å². The topological polar surface area (TPSA) is 15.3 Å². The van der Waals surface area contributed by atoms with E-state index in [1.54, 1.807) is 0 Å².